The summed E-state index contributed by atoms with van der Waals surface area (Å²) in [5.74, 6) is 0. The van der Waals surface area contributed by atoms with Crippen molar-refractivity contribution in [3.05, 3.63) is 36.5 Å². The van der Waals surface area contributed by atoms with Gasteiger partial charge in [0.2, 0.25) is 0 Å². The van der Waals surface area contributed by atoms with Crippen LogP contribution in [0.3, 0.4) is 0 Å². The first-order valence-electron chi connectivity index (χ1n) is 5.05. The molecule has 1 aromatic heterocycles. The fourth-order valence-corrected chi connectivity index (χ4v) is 1.33. The molecule has 0 amide bonds. The number of benzene rings is 1. The molecule has 0 aliphatic carbocycles. The SMILES string of the molecule is CC(C)(C)n1ncc(-c2ccccc2)n1. The van der Waals surface area contributed by atoms with Crippen LogP contribution >= 0.6 is 0 Å². The molecule has 15 heavy (non-hydrogen) atoms. The second kappa shape index (κ2) is 3.50. The van der Waals surface area contributed by atoms with Crippen molar-refractivity contribution in [3.63, 3.8) is 0 Å². The minimum absolute atomic E-state index is 0.0625. The van der Waals surface area contributed by atoms with E-state index in [9.17, 15) is 0 Å². The Morgan fingerprint density at radius 2 is 1.73 bits per heavy atom. The number of hydrogen-bond donors (Lipinski definition) is 0. The fraction of sp³-hybridized carbons (Fsp3) is 0.333. The van der Waals surface area contributed by atoms with Crippen LogP contribution in [-0.2, 0) is 5.54 Å². The molecule has 2 aromatic rings. The Kier molecular flexibility index (Phi) is 2.31. The van der Waals surface area contributed by atoms with Crippen LogP contribution in [0.25, 0.3) is 11.3 Å². The van der Waals surface area contributed by atoms with Crippen LogP contribution in [0.5, 0.6) is 0 Å². The maximum absolute atomic E-state index is 4.46. The monoisotopic (exact) mass is 201 g/mol. The van der Waals surface area contributed by atoms with Crippen molar-refractivity contribution in [2.24, 2.45) is 0 Å². The minimum Gasteiger partial charge on any atom is -0.179 e. The summed E-state index contributed by atoms with van der Waals surface area (Å²) in [6.45, 7) is 6.26. The van der Waals surface area contributed by atoms with E-state index >= 15 is 0 Å². The Morgan fingerprint density at radius 1 is 1.07 bits per heavy atom. The summed E-state index contributed by atoms with van der Waals surface area (Å²) in [5.41, 5.74) is 1.96. The fourth-order valence-electron chi connectivity index (χ4n) is 1.33. The van der Waals surface area contributed by atoms with E-state index in [-0.39, 0.29) is 5.54 Å². The molecule has 2 rings (SSSR count). The normalized spacial score (nSPS) is 11.7. The van der Waals surface area contributed by atoms with Gasteiger partial charge in [-0.25, -0.2) is 0 Å². The van der Waals surface area contributed by atoms with E-state index in [1.54, 1.807) is 11.0 Å². The molecule has 0 bridgehead atoms. The van der Waals surface area contributed by atoms with E-state index in [2.05, 4.69) is 31.0 Å². The van der Waals surface area contributed by atoms with Gasteiger partial charge in [-0.05, 0) is 20.8 Å². The number of hydrogen-bond acceptors (Lipinski definition) is 2. The second-order valence-corrected chi connectivity index (χ2v) is 4.56. The molecule has 0 aliphatic heterocycles. The molecule has 78 valence electrons. The zero-order chi connectivity index (χ0) is 10.9. The number of aromatic nitrogens is 3. The number of rotatable bonds is 1. The summed E-state index contributed by atoms with van der Waals surface area (Å²) in [6.07, 6.45) is 1.81. The average Bonchev–Trinajstić information content (AvgIpc) is 2.67. The van der Waals surface area contributed by atoms with Crippen LogP contribution in [0, 0.1) is 0 Å². The first-order chi connectivity index (χ1) is 7.07. The maximum atomic E-state index is 4.46. The lowest BCUT2D eigenvalue weighted by Gasteiger charge is -2.16. The molecule has 0 fully saturated rings. The lowest BCUT2D eigenvalue weighted by molar-refractivity contribution is 0.313. The van der Waals surface area contributed by atoms with E-state index in [1.165, 1.54) is 0 Å². The maximum Gasteiger partial charge on any atom is 0.113 e. The minimum atomic E-state index is -0.0625. The molecule has 0 atom stereocenters. The molecular formula is C12H15N3. The van der Waals surface area contributed by atoms with Crippen LogP contribution in [0.4, 0.5) is 0 Å². The van der Waals surface area contributed by atoms with Gasteiger partial charge in [-0.1, -0.05) is 30.3 Å². The van der Waals surface area contributed by atoms with Gasteiger partial charge in [-0.3, -0.25) is 0 Å². The van der Waals surface area contributed by atoms with Crippen molar-refractivity contribution in [3.8, 4) is 11.3 Å². The van der Waals surface area contributed by atoms with Gasteiger partial charge in [-0.15, -0.1) is 0 Å². The topological polar surface area (TPSA) is 30.7 Å². The van der Waals surface area contributed by atoms with Crippen LogP contribution in [-0.4, -0.2) is 15.0 Å². The quantitative estimate of drug-likeness (QED) is 0.710. The Labute approximate surface area is 89.7 Å². The van der Waals surface area contributed by atoms with Gasteiger partial charge in [0.15, 0.2) is 0 Å². The highest BCUT2D eigenvalue weighted by Crippen LogP contribution is 2.17. The molecule has 0 aliphatic rings. The van der Waals surface area contributed by atoms with E-state index < -0.39 is 0 Å². The third-order valence-electron chi connectivity index (χ3n) is 2.16. The van der Waals surface area contributed by atoms with Gasteiger partial charge in [0.25, 0.3) is 0 Å². The van der Waals surface area contributed by atoms with Gasteiger partial charge in [0.1, 0.15) is 5.69 Å². The zero-order valence-electron chi connectivity index (χ0n) is 9.31. The van der Waals surface area contributed by atoms with Crippen molar-refractivity contribution >= 4 is 0 Å². The molecule has 3 heteroatoms. The summed E-state index contributed by atoms with van der Waals surface area (Å²) in [7, 11) is 0. The highest BCUT2D eigenvalue weighted by atomic mass is 15.5. The standard InChI is InChI=1S/C12H15N3/c1-12(2,3)15-13-9-11(14-15)10-7-5-4-6-8-10/h4-9H,1-3H3. The van der Waals surface area contributed by atoms with Crippen molar-refractivity contribution in [2.75, 3.05) is 0 Å². The second-order valence-electron chi connectivity index (χ2n) is 4.56. The summed E-state index contributed by atoms with van der Waals surface area (Å²) in [4.78, 5) is 1.75. The predicted molar refractivity (Wildman–Crippen MR) is 60.5 cm³/mol. The predicted octanol–water partition coefficient (Wildman–Crippen LogP) is 2.70. The van der Waals surface area contributed by atoms with E-state index in [0.29, 0.717) is 0 Å². The molecule has 0 saturated heterocycles. The summed E-state index contributed by atoms with van der Waals surface area (Å²) in [5, 5.41) is 8.73. The molecule has 0 saturated carbocycles. The molecule has 1 heterocycles. The summed E-state index contributed by atoms with van der Waals surface area (Å²) < 4.78 is 0. The van der Waals surface area contributed by atoms with E-state index in [0.717, 1.165) is 11.3 Å². The number of nitrogens with zero attached hydrogens (tertiary/aromatic N) is 3. The molecule has 0 unspecified atom stereocenters. The van der Waals surface area contributed by atoms with Crippen LogP contribution in [0.1, 0.15) is 20.8 Å². The summed E-state index contributed by atoms with van der Waals surface area (Å²) in [6, 6.07) is 10.1. The largest absolute Gasteiger partial charge is 0.179 e. The molecule has 1 aromatic carbocycles. The van der Waals surface area contributed by atoms with Crippen molar-refractivity contribution in [1.82, 2.24) is 15.0 Å². The smallest absolute Gasteiger partial charge is 0.113 e. The first kappa shape index (κ1) is 9.90. The summed E-state index contributed by atoms with van der Waals surface area (Å²) >= 11 is 0. The Balaban J connectivity index is 2.37. The van der Waals surface area contributed by atoms with E-state index in [1.807, 2.05) is 30.3 Å². The molecule has 0 N–H and O–H groups in total. The van der Waals surface area contributed by atoms with Crippen molar-refractivity contribution in [2.45, 2.75) is 26.3 Å². The van der Waals surface area contributed by atoms with Crippen molar-refractivity contribution in [1.29, 1.82) is 0 Å². The highest BCUT2D eigenvalue weighted by Gasteiger charge is 2.15. The Hall–Kier alpha value is -1.64. The zero-order valence-corrected chi connectivity index (χ0v) is 9.31. The Bertz CT molecular complexity index is 437. The highest BCUT2D eigenvalue weighted by molar-refractivity contribution is 5.56. The lowest BCUT2D eigenvalue weighted by Crippen LogP contribution is -2.24. The van der Waals surface area contributed by atoms with Gasteiger partial charge < -0.3 is 0 Å². The molecule has 0 radical (unpaired) electrons. The molecule has 0 spiro atoms. The third-order valence-corrected chi connectivity index (χ3v) is 2.16. The van der Waals surface area contributed by atoms with E-state index in [4.69, 9.17) is 0 Å². The van der Waals surface area contributed by atoms with Crippen LogP contribution < -0.4 is 0 Å². The van der Waals surface area contributed by atoms with Crippen LogP contribution in [0.2, 0.25) is 0 Å². The van der Waals surface area contributed by atoms with Gasteiger partial charge in [-0.2, -0.15) is 15.0 Å². The molecular weight excluding hydrogens is 186 g/mol. The van der Waals surface area contributed by atoms with Crippen LogP contribution in [0.15, 0.2) is 36.5 Å². The van der Waals surface area contributed by atoms with Crippen molar-refractivity contribution < 1.29 is 0 Å². The molecule has 3 nitrogen and oxygen atoms in total. The average molecular weight is 201 g/mol. The lowest BCUT2D eigenvalue weighted by atomic mass is 10.1. The third kappa shape index (κ3) is 2.06. The van der Waals surface area contributed by atoms with Gasteiger partial charge in [0, 0.05) is 5.56 Å². The first-order valence-corrected chi connectivity index (χ1v) is 5.05. The van der Waals surface area contributed by atoms with Gasteiger partial charge >= 0.3 is 0 Å². The van der Waals surface area contributed by atoms with Gasteiger partial charge in [0.05, 0.1) is 11.7 Å². The Morgan fingerprint density at radius 3 is 2.27 bits per heavy atom.